The summed E-state index contributed by atoms with van der Waals surface area (Å²) in [5.74, 6) is 0.914. The molecule has 1 N–H and O–H groups in total. The Morgan fingerprint density at radius 1 is 1.32 bits per heavy atom. The van der Waals surface area contributed by atoms with Gasteiger partial charge in [-0.15, -0.1) is 0 Å². The normalized spacial score (nSPS) is 27.3. The second kappa shape index (κ2) is 5.47. The fraction of sp³-hybridized carbons (Fsp3) is 0.667. The summed E-state index contributed by atoms with van der Waals surface area (Å²) in [7, 11) is 1.72. The first-order chi connectivity index (χ1) is 9.22. The van der Waals surface area contributed by atoms with Crippen LogP contribution in [0.15, 0.2) is 12.1 Å². The van der Waals surface area contributed by atoms with Crippen molar-refractivity contribution < 1.29 is 4.74 Å². The molecule has 3 rings (SSSR count). The van der Waals surface area contributed by atoms with Crippen LogP contribution in [0.5, 0.6) is 5.75 Å². The molecule has 104 valence electrons. The minimum absolute atomic E-state index is 0.680. The predicted octanol–water partition coefficient (Wildman–Crippen LogP) is 1.72. The highest BCUT2D eigenvalue weighted by Crippen LogP contribution is 2.22. The SMILES string of the molecule is COc1cc(C)nc(CN2CCC3CCC(C2)N3)c1. The first-order valence-electron chi connectivity index (χ1n) is 7.23. The van der Waals surface area contributed by atoms with E-state index in [1.807, 2.05) is 13.0 Å². The van der Waals surface area contributed by atoms with Crippen LogP contribution in [-0.4, -0.2) is 42.2 Å². The number of hydrogen-bond acceptors (Lipinski definition) is 4. The first kappa shape index (κ1) is 12.9. The van der Waals surface area contributed by atoms with E-state index in [9.17, 15) is 0 Å². The number of fused-ring (bicyclic) bond motifs is 2. The molecule has 2 fully saturated rings. The van der Waals surface area contributed by atoms with Gasteiger partial charge < -0.3 is 10.1 Å². The van der Waals surface area contributed by atoms with Gasteiger partial charge in [0, 0.05) is 49.5 Å². The molecule has 4 heteroatoms. The fourth-order valence-electron chi connectivity index (χ4n) is 3.29. The zero-order valence-electron chi connectivity index (χ0n) is 11.9. The summed E-state index contributed by atoms with van der Waals surface area (Å²) >= 11 is 0. The van der Waals surface area contributed by atoms with E-state index in [-0.39, 0.29) is 0 Å². The number of likely N-dealkylation sites (tertiary alicyclic amines) is 1. The molecular formula is C15H23N3O. The van der Waals surface area contributed by atoms with Crippen LogP contribution >= 0.6 is 0 Å². The third-order valence-corrected chi connectivity index (χ3v) is 4.21. The third-order valence-electron chi connectivity index (χ3n) is 4.21. The summed E-state index contributed by atoms with van der Waals surface area (Å²) < 4.78 is 5.33. The molecule has 2 bridgehead atoms. The number of rotatable bonds is 3. The minimum atomic E-state index is 0.680. The van der Waals surface area contributed by atoms with Gasteiger partial charge >= 0.3 is 0 Å². The van der Waals surface area contributed by atoms with Crippen molar-refractivity contribution in [2.75, 3.05) is 20.2 Å². The molecule has 3 heterocycles. The first-order valence-corrected chi connectivity index (χ1v) is 7.23. The van der Waals surface area contributed by atoms with Crippen molar-refractivity contribution in [3.63, 3.8) is 0 Å². The molecule has 4 nitrogen and oxygen atoms in total. The Morgan fingerprint density at radius 2 is 2.16 bits per heavy atom. The summed E-state index contributed by atoms with van der Waals surface area (Å²) in [4.78, 5) is 7.15. The van der Waals surface area contributed by atoms with E-state index in [1.165, 1.54) is 25.8 Å². The Kier molecular flexibility index (Phi) is 3.71. The van der Waals surface area contributed by atoms with Gasteiger partial charge in [-0.3, -0.25) is 9.88 Å². The van der Waals surface area contributed by atoms with Gasteiger partial charge in [-0.05, 0) is 26.2 Å². The Hall–Kier alpha value is -1.13. The average Bonchev–Trinajstić information content (AvgIpc) is 2.72. The Balaban J connectivity index is 1.69. The number of nitrogens with one attached hydrogen (secondary N) is 1. The Labute approximate surface area is 115 Å². The van der Waals surface area contributed by atoms with Gasteiger partial charge in [0.05, 0.1) is 12.8 Å². The number of nitrogens with zero attached hydrogens (tertiary/aromatic N) is 2. The lowest BCUT2D eigenvalue weighted by atomic mass is 10.1. The third kappa shape index (κ3) is 3.07. The fourth-order valence-corrected chi connectivity index (χ4v) is 3.29. The van der Waals surface area contributed by atoms with Gasteiger partial charge in [0.15, 0.2) is 0 Å². The second-order valence-electron chi connectivity index (χ2n) is 5.80. The van der Waals surface area contributed by atoms with Crippen LogP contribution in [-0.2, 0) is 6.54 Å². The maximum atomic E-state index is 5.33. The number of aryl methyl sites for hydroxylation is 1. The number of aromatic nitrogens is 1. The van der Waals surface area contributed by atoms with Crippen molar-refractivity contribution in [2.45, 2.75) is 44.8 Å². The van der Waals surface area contributed by atoms with E-state index in [4.69, 9.17) is 4.74 Å². The van der Waals surface area contributed by atoms with Crippen LogP contribution in [0.4, 0.5) is 0 Å². The van der Waals surface area contributed by atoms with Crippen LogP contribution in [0.3, 0.4) is 0 Å². The standard InChI is InChI=1S/C15H23N3O/c1-11-7-15(19-2)8-14(16-11)10-18-6-5-12-3-4-13(9-18)17-12/h7-8,12-13,17H,3-6,9-10H2,1-2H3. The average molecular weight is 261 g/mol. The number of ether oxygens (including phenoxy) is 1. The molecule has 2 unspecified atom stereocenters. The van der Waals surface area contributed by atoms with Crippen LogP contribution in [0, 0.1) is 6.92 Å². The van der Waals surface area contributed by atoms with Crippen molar-refractivity contribution in [1.82, 2.24) is 15.2 Å². The lowest BCUT2D eigenvalue weighted by molar-refractivity contribution is 0.247. The molecule has 2 atom stereocenters. The van der Waals surface area contributed by atoms with Crippen LogP contribution in [0.2, 0.25) is 0 Å². The van der Waals surface area contributed by atoms with Crippen molar-refractivity contribution in [1.29, 1.82) is 0 Å². The molecule has 1 aromatic heterocycles. The van der Waals surface area contributed by atoms with Crippen LogP contribution in [0.1, 0.15) is 30.7 Å². The summed E-state index contributed by atoms with van der Waals surface area (Å²) in [6.45, 7) is 5.28. The van der Waals surface area contributed by atoms with Gasteiger partial charge in [-0.1, -0.05) is 0 Å². The zero-order valence-corrected chi connectivity index (χ0v) is 11.9. The maximum absolute atomic E-state index is 5.33. The van der Waals surface area contributed by atoms with Gasteiger partial charge in [0.25, 0.3) is 0 Å². The predicted molar refractivity (Wildman–Crippen MR) is 75.4 cm³/mol. The van der Waals surface area contributed by atoms with E-state index in [1.54, 1.807) is 7.11 Å². The molecule has 0 aliphatic carbocycles. The number of hydrogen-bond donors (Lipinski definition) is 1. The van der Waals surface area contributed by atoms with Crippen molar-refractivity contribution in [3.05, 3.63) is 23.5 Å². The maximum Gasteiger partial charge on any atom is 0.122 e. The van der Waals surface area contributed by atoms with Crippen molar-refractivity contribution >= 4 is 0 Å². The van der Waals surface area contributed by atoms with E-state index in [2.05, 4.69) is 21.3 Å². The zero-order chi connectivity index (χ0) is 13.2. The molecule has 2 aliphatic heterocycles. The molecule has 0 aromatic carbocycles. The number of methoxy groups -OCH3 is 1. The molecule has 0 radical (unpaired) electrons. The lowest BCUT2D eigenvalue weighted by Crippen LogP contribution is -2.35. The molecular weight excluding hydrogens is 238 g/mol. The van der Waals surface area contributed by atoms with Crippen molar-refractivity contribution in [2.24, 2.45) is 0 Å². The van der Waals surface area contributed by atoms with E-state index in [0.29, 0.717) is 6.04 Å². The smallest absolute Gasteiger partial charge is 0.122 e. The summed E-state index contributed by atoms with van der Waals surface area (Å²) in [5, 5.41) is 3.72. The second-order valence-corrected chi connectivity index (χ2v) is 5.80. The highest BCUT2D eigenvalue weighted by Gasteiger charge is 2.29. The summed E-state index contributed by atoms with van der Waals surface area (Å²) in [6.07, 6.45) is 3.94. The molecule has 0 amide bonds. The monoisotopic (exact) mass is 261 g/mol. The summed E-state index contributed by atoms with van der Waals surface area (Å²) in [6, 6.07) is 5.47. The highest BCUT2D eigenvalue weighted by molar-refractivity contribution is 5.26. The van der Waals surface area contributed by atoms with Gasteiger partial charge in [0.1, 0.15) is 5.75 Å². The van der Waals surface area contributed by atoms with Crippen LogP contribution < -0.4 is 10.1 Å². The molecule has 0 spiro atoms. The largest absolute Gasteiger partial charge is 0.497 e. The number of pyridine rings is 1. The summed E-state index contributed by atoms with van der Waals surface area (Å²) in [5.41, 5.74) is 2.15. The lowest BCUT2D eigenvalue weighted by Gasteiger charge is -2.23. The van der Waals surface area contributed by atoms with E-state index < -0.39 is 0 Å². The Morgan fingerprint density at radius 3 is 3.00 bits per heavy atom. The van der Waals surface area contributed by atoms with E-state index >= 15 is 0 Å². The topological polar surface area (TPSA) is 37.4 Å². The van der Waals surface area contributed by atoms with Gasteiger partial charge in [0.2, 0.25) is 0 Å². The van der Waals surface area contributed by atoms with Crippen LogP contribution in [0.25, 0.3) is 0 Å². The molecule has 0 saturated carbocycles. The van der Waals surface area contributed by atoms with E-state index in [0.717, 1.165) is 36.3 Å². The molecule has 2 saturated heterocycles. The van der Waals surface area contributed by atoms with Crippen molar-refractivity contribution in [3.8, 4) is 5.75 Å². The molecule has 2 aliphatic rings. The van der Waals surface area contributed by atoms with Gasteiger partial charge in [-0.25, -0.2) is 0 Å². The molecule has 1 aromatic rings. The highest BCUT2D eigenvalue weighted by atomic mass is 16.5. The molecule has 19 heavy (non-hydrogen) atoms. The Bertz CT molecular complexity index is 449. The quantitative estimate of drug-likeness (QED) is 0.899. The minimum Gasteiger partial charge on any atom is -0.497 e. The van der Waals surface area contributed by atoms with Gasteiger partial charge in [-0.2, -0.15) is 0 Å².